The standard InChI is InChI=1S/C14H16O2/c1-3-16-14(15)10-9-12(2)11-13-7-5-4-6-8-13/h4-11H,3H2,1-2H3/b10-9+,12-11+. The number of esters is 1. The Morgan fingerprint density at radius 2 is 1.94 bits per heavy atom. The summed E-state index contributed by atoms with van der Waals surface area (Å²) in [5.41, 5.74) is 2.13. The second-order valence-corrected chi connectivity index (χ2v) is 3.38. The monoisotopic (exact) mass is 216 g/mol. The van der Waals surface area contributed by atoms with E-state index < -0.39 is 0 Å². The molecule has 0 aliphatic heterocycles. The molecule has 1 aromatic carbocycles. The first-order chi connectivity index (χ1) is 7.72. The van der Waals surface area contributed by atoms with E-state index in [1.165, 1.54) is 6.08 Å². The van der Waals surface area contributed by atoms with E-state index in [2.05, 4.69) is 0 Å². The highest BCUT2D eigenvalue weighted by atomic mass is 16.5. The van der Waals surface area contributed by atoms with E-state index in [0.29, 0.717) is 6.61 Å². The van der Waals surface area contributed by atoms with Crippen molar-refractivity contribution in [3.05, 3.63) is 53.6 Å². The summed E-state index contributed by atoms with van der Waals surface area (Å²) in [6, 6.07) is 9.97. The second-order valence-electron chi connectivity index (χ2n) is 3.38. The highest BCUT2D eigenvalue weighted by molar-refractivity contribution is 5.82. The van der Waals surface area contributed by atoms with Gasteiger partial charge in [0.15, 0.2) is 0 Å². The minimum atomic E-state index is -0.302. The molecule has 0 fully saturated rings. The molecule has 0 N–H and O–H groups in total. The van der Waals surface area contributed by atoms with Gasteiger partial charge < -0.3 is 4.74 Å². The molecule has 2 nitrogen and oxygen atoms in total. The van der Waals surface area contributed by atoms with E-state index in [9.17, 15) is 4.79 Å². The van der Waals surface area contributed by atoms with Crippen molar-refractivity contribution in [2.45, 2.75) is 13.8 Å². The maximum atomic E-state index is 11.1. The van der Waals surface area contributed by atoms with Crippen LogP contribution in [0.3, 0.4) is 0 Å². The molecule has 0 atom stereocenters. The normalized spacial score (nSPS) is 11.8. The van der Waals surface area contributed by atoms with Gasteiger partial charge >= 0.3 is 5.97 Å². The molecule has 84 valence electrons. The SMILES string of the molecule is CCOC(=O)/C=C/C(C)=C/c1ccccc1. The van der Waals surface area contributed by atoms with Crippen molar-refractivity contribution in [3.8, 4) is 0 Å². The Labute approximate surface area is 96.2 Å². The van der Waals surface area contributed by atoms with Crippen LogP contribution >= 0.6 is 0 Å². The van der Waals surface area contributed by atoms with Crippen LogP contribution in [0.2, 0.25) is 0 Å². The molecule has 16 heavy (non-hydrogen) atoms. The van der Waals surface area contributed by atoms with Crippen molar-refractivity contribution in [3.63, 3.8) is 0 Å². The molecule has 0 saturated carbocycles. The maximum absolute atomic E-state index is 11.1. The fraction of sp³-hybridized carbons (Fsp3) is 0.214. The quantitative estimate of drug-likeness (QED) is 0.439. The summed E-state index contributed by atoms with van der Waals surface area (Å²) < 4.78 is 4.79. The lowest BCUT2D eigenvalue weighted by Gasteiger charge is -1.96. The molecular formula is C14H16O2. The maximum Gasteiger partial charge on any atom is 0.330 e. The van der Waals surface area contributed by atoms with Gasteiger partial charge in [-0.25, -0.2) is 4.79 Å². The topological polar surface area (TPSA) is 26.3 Å². The number of benzene rings is 1. The summed E-state index contributed by atoms with van der Waals surface area (Å²) in [5, 5.41) is 0. The molecule has 0 unspecified atom stereocenters. The number of carbonyl (C=O) groups is 1. The third kappa shape index (κ3) is 4.60. The minimum Gasteiger partial charge on any atom is -0.463 e. The first kappa shape index (κ1) is 12.2. The van der Waals surface area contributed by atoms with Gasteiger partial charge in [0.1, 0.15) is 0 Å². The van der Waals surface area contributed by atoms with Gasteiger partial charge in [-0.2, -0.15) is 0 Å². The largest absolute Gasteiger partial charge is 0.463 e. The predicted molar refractivity (Wildman–Crippen MR) is 65.9 cm³/mol. The van der Waals surface area contributed by atoms with Gasteiger partial charge in [-0.05, 0) is 19.4 Å². The van der Waals surface area contributed by atoms with E-state index in [1.807, 2.05) is 43.3 Å². The first-order valence-electron chi connectivity index (χ1n) is 5.30. The van der Waals surface area contributed by atoms with Crippen molar-refractivity contribution in [1.82, 2.24) is 0 Å². The molecule has 0 amide bonds. The number of ether oxygens (including phenoxy) is 1. The molecule has 2 heteroatoms. The minimum absolute atomic E-state index is 0.302. The zero-order valence-corrected chi connectivity index (χ0v) is 9.64. The van der Waals surface area contributed by atoms with Gasteiger partial charge in [-0.3, -0.25) is 0 Å². The first-order valence-corrected chi connectivity index (χ1v) is 5.30. The molecule has 0 saturated heterocycles. The average Bonchev–Trinajstić information content (AvgIpc) is 2.28. The third-order valence-electron chi connectivity index (χ3n) is 1.96. The Bertz CT molecular complexity index is 388. The lowest BCUT2D eigenvalue weighted by molar-refractivity contribution is -0.137. The van der Waals surface area contributed by atoms with Crippen molar-refractivity contribution in [2.75, 3.05) is 6.61 Å². The number of carbonyl (C=O) groups excluding carboxylic acids is 1. The van der Waals surface area contributed by atoms with Crippen LogP contribution in [0, 0.1) is 0 Å². The van der Waals surface area contributed by atoms with E-state index in [1.54, 1.807) is 13.0 Å². The van der Waals surface area contributed by atoms with Crippen LogP contribution in [0.4, 0.5) is 0 Å². The molecule has 0 aliphatic carbocycles. The smallest absolute Gasteiger partial charge is 0.330 e. The van der Waals surface area contributed by atoms with Crippen LogP contribution in [0.5, 0.6) is 0 Å². The van der Waals surface area contributed by atoms with Crippen molar-refractivity contribution in [2.24, 2.45) is 0 Å². The van der Waals surface area contributed by atoms with Crippen LogP contribution in [0.25, 0.3) is 6.08 Å². The van der Waals surface area contributed by atoms with Crippen LogP contribution in [0.1, 0.15) is 19.4 Å². The molecular weight excluding hydrogens is 200 g/mol. The fourth-order valence-electron chi connectivity index (χ4n) is 1.25. The number of hydrogen-bond acceptors (Lipinski definition) is 2. The summed E-state index contributed by atoms with van der Waals surface area (Å²) in [5.74, 6) is -0.302. The zero-order chi connectivity index (χ0) is 11.8. The van der Waals surface area contributed by atoms with Crippen molar-refractivity contribution < 1.29 is 9.53 Å². The van der Waals surface area contributed by atoms with Gasteiger partial charge in [0, 0.05) is 6.08 Å². The number of rotatable bonds is 4. The molecule has 0 spiro atoms. The highest BCUT2D eigenvalue weighted by Crippen LogP contribution is 2.06. The summed E-state index contributed by atoms with van der Waals surface area (Å²) in [6.45, 7) is 4.14. The predicted octanol–water partition coefficient (Wildman–Crippen LogP) is 3.21. The lowest BCUT2D eigenvalue weighted by atomic mass is 10.1. The molecule has 1 rings (SSSR count). The van der Waals surface area contributed by atoms with E-state index >= 15 is 0 Å². The number of allylic oxidation sites excluding steroid dienone is 2. The van der Waals surface area contributed by atoms with Gasteiger partial charge in [-0.15, -0.1) is 0 Å². The van der Waals surface area contributed by atoms with Gasteiger partial charge in [-0.1, -0.05) is 48.1 Å². The van der Waals surface area contributed by atoms with Crippen LogP contribution in [-0.2, 0) is 9.53 Å². The van der Waals surface area contributed by atoms with Crippen LogP contribution in [0.15, 0.2) is 48.1 Å². The molecule has 0 aromatic heterocycles. The molecule has 0 heterocycles. The molecule has 1 aromatic rings. The Balaban J connectivity index is 2.62. The van der Waals surface area contributed by atoms with Crippen molar-refractivity contribution in [1.29, 1.82) is 0 Å². The summed E-state index contributed by atoms with van der Waals surface area (Å²) in [6.07, 6.45) is 5.21. The Kier molecular flexibility index (Phi) is 5.06. The Morgan fingerprint density at radius 3 is 2.56 bits per heavy atom. The third-order valence-corrected chi connectivity index (χ3v) is 1.96. The molecule has 0 aliphatic rings. The fourth-order valence-corrected chi connectivity index (χ4v) is 1.25. The summed E-state index contributed by atoms with van der Waals surface area (Å²) in [7, 11) is 0. The Hall–Kier alpha value is -1.83. The van der Waals surface area contributed by atoms with Crippen LogP contribution in [-0.4, -0.2) is 12.6 Å². The van der Waals surface area contributed by atoms with E-state index in [0.717, 1.165) is 11.1 Å². The van der Waals surface area contributed by atoms with Crippen molar-refractivity contribution >= 4 is 12.0 Å². The van der Waals surface area contributed by atoms with E-state index in [-0.39, 0.29) is 5.97 Å². The Morgan fingerprint density at radius 1 is 1.25 bits per heavy atom. The van der Waals surface area contributed by atoms with E-state index in [4.69, 9.17) is 4.74 Å². The van der Waals surface area contributed by atoms with Gasteiger partial charge in [0.2, 0.25) is 0 Å². The van der Waals surface area contributed by atoms with Gasteiger partial charge in [0.25, 0.3) is 0 Å². The summed E-state index contributed by atoms with van der Waals surface area (Å²) >= 11 is 0. The van der Waals surface area contributed by atoms with Crippen LogP contribution < -0.4 is 0 Å². The molecule has 0 radical (unpaired) electrons. The highest BCUT2D eigenvalue weighted by Gasteiger charge is 1.93. The molecule has 0 bridgehead atoms. The van der Waals surface area contributed by atoms with Gasteiger partial charge in [0.05, 0.1) is 6.61 Å². The zero-order valence-electron chi connectivity index (χ0n) is 9.64. The average molecular weight is 216 g/mol. The lowest BCUT2D eigenvalue weighted by Crippen LogP contribution is -1.98. The number of hydrogen-bond donors (Lipinski definition) is 0. The summed E-state index contributed by atoms with van der Waals surface area (Å²) in [4.78, 5) is 11.1. The second kappa shape index (κ2) is 6.62.